The van der Waals surface area contributed by atoms with E-state index in [0.29, 0.717) is 46.3 Å². The molecule has 0 saturated carbocycles. The summed E-state index contributed by atoms with van der Waals surface area (Å²) in [6.45, 7) is 1.67. The van der Waals surface area contributed by atoms with Gasteiger partial charge >= 0.3 is 0 Å². The molecule has 0 bridgehead atoms. The normalized spacial score (nSPS) is 11.0. The quantitative estimate of drug-likeness (QED) is 0.211. The van der Waals surface area contributed by atoms with Gasteiger partial charge < -0.3 is 24.8 Å². The number of benzene rings is 2. The standard InChI is InChI=1S/C29H27F2N7O4/c1-17(39)34-26-12-18(8-9-32-26)35-28-25(41-3)15-33-29(36-28)27-20-6-4-5-7-24(20)38(37-27)16-21-22(30)13-19(14-23(21)31)42-11-10-40-2/h4-9,12-15H,10-11,16H2,1-3H3,(H2,32,33,34,35,36,39). The highest BCUT2D eigenvalue weighted by molar-refractivity contribution is 5.92. The molecule has 0 saturated heterocycles. The molecule has 3 heterocycles. The molecular weight excluding hydrogens is 548 g/mol. The molecule has 0 atom stereocenters. The van der Waals surface area contributed by atoms with E-state index in [4.69, 9.17) is 14.2 Å². The number of halogens is 2. The zero-order valence-corrected chi connectivity index (χ0v) is 23.0. The number of fused-ring (bicyclic) bond motifs is 1. The second-order valence-electron chi connectivity index (χ2n) is 9.08. The first-order chi connectivity index (χ1) is 20.4. The SMILES string of the molecule is COCCOc1cc(F)c(Cn2nc(-c3ncc(OC)c(Nc4ccnc(NC(C)=O)c4)n3)c3ccccc32)c(F)c1. The van der Waals surface area contributed by atoms with Crippen LogP contribution in [0.1, 0.15) is 12.5 Å². The van der Waals surface area contributed by atoms with E-state index in [1.165, 1.54) is 38.2 Å². The molecule has 13 heteroatoms. The molecule has 2 N–H and O–H groups in total. The van der Waals surface area contributed by atoms with Gasteiger partial charge in [0.25, 0.3) is 0 Å². The van der Waals surface area contributed by atoms with Gasteiger partial charge in [-0.2, -0.15) is 5.10 Å². The zero-order valence-electron chi connectivity index (χ0n) is 23.0. The van der Waals surface area contributed by atoms with Crippen molar-refractivity contribution in [3.05, 3.63) is 78.1 Å². The number of amides is 1. The third-order valence-corrected chi connectivity index (χ3v) is 6.15. The van der Waals surface area contributed by atoms with Crippen LogP contribution in [0.25, 0.3) is 22.4 Å². The van der Waals surface area contributed by atoms with Gasteiger partial charge in [0.2, 0.25) is 5.91 Å². The summed E-state index contributed by atoms with van der Waals surface area (Å²) < 4.78 is 47.2. The van der Waals surface area contributed by atoms with Crippen LogP contribution >= 0.6 is 0 Å². The molecule has 11 nitrogen and oxygen atoms in total. The van der Waals surface area contributed by atoms with Crippen molar-refractivity contribution < 1.29 is 27.8 Å². The lowest BCUT2D eigenvalue weighted by atomic mass is 10.1. The molecule has 1 amide bonds. The van der Waals surface area contributed by atoms with Gasteiger partial charge in [0.15, 0.2) is 17.4 Å². The number of nitrogens with zero attached hydrogens (tertiary/aromatic N) is 5. The molecule has 3 aromatic heterocycles. The van der Waals surface area contributed by atoms with E-state index in [-0.39, 0.29) is 36.2 Å². The predicted molar refractivity (Wildman–Crippen MR) is 152 cm³/mol. The Labute approximate surface area is 239 Å². The molecule has 42 heavy (non-hydrogen) atoms. The van der Waals surface area contributed by atoms with Crippen molar-refractivity contribution in [1.29, 1.82) is 0 Å². The number of hydrogen-bond donors (Lipinski definition) is 2. The Balaban J connectivity index is 1.49. The number of aromatic nitrogens is 5. The molecule has 5 aromatic rings. The zero-order chi connectivity index (χ0) is 29.6. The van der Waals surface area contributed by atoms with Gasteiger partial charge in [0, 0.05) is 55.1 Å². The summed E-state index contributed by atoms with van der Waals surface area (Å²) >= 11 is 0. The van der Waals surface area contributed by atoms with Crippen LogP contribution < -0.4 is 20.1 Å². The molecule has 0 radical (unpaired) electrons. The predicted octanol–water partition coefficient (Wildman–Crippen LogP) is 4.95. The van der Waals surface area contributed by atoms with E-state index in [1.807, 2.05) is 18.2 Å². The van der Waals surface area contributed by atoms with Crippen molar-refractivity contribution in [2.24, 2.45) is 0 Å². The minimum Gasteiger partial charge on any atom is -0.491 e. The second kappa shape index (κ2) is 12.6. The van der Waals surface area contributed by atoms with E-state index in [1.54, 1.807) is 18.2 Å². The average Bonchev–Trinajstić information content (AvgIpc) is 3.33. The van der Waals surface area contributed by atoms with Crippen LogP contribution in [0.2, 0.25) is 0 Å². The highest BCUT2D eigenvalue weighted by atomic mass is 19.1. The highest BCUT2D eigenvalue weighted by Crippen LogP contribution is 2.32. The maximum absolute atomic E-state index is 15.0. The Morgan fingerprint density at radius 3 is 2.55 bits per heavy atom. The summed E-state index contributed by atoms with van der Waals surface area (Å²) in [6.07, 6.45) is 3.03. The van der Waals surface area contributed by atoms with E-state index >= 15 is 8.78 Å². The fraction of sp³-hybridized carbons (Fsp3) is 0.207. The van der Waals surface area contributed by atoms with E-state index in [0.717, 1.165) is 12.1 Å². The maximum atomic E-state index is 15.0. The van der Waals surface area contributed by atoms with Crippen LogP contribution in [0.5, 0.6) is 11.5 Å². The highest BCUT2D eigenvalue weighted by Gasteiger charge is 2.20. The number of ether oxygens (including phenoxy) is 3. The molecule has 216 valence electrons. The minimum atomic E-state index is -0.758. The van der Waals surface area contributed by atoms with Crippen molar-refractivity contribution >= 4 is 34.1 Å². The molecule has 2 aromatic carbocycles. The van der Waals surface area contributed by atoms with Crippen molar-refractivity contribution in [2.45, 2.75) is 13.5 Å². The Hall–Kier alpha value is -5.17. The van der Waals surface area contributed by atoms with Gasteiger partial charge in [0.05, 0.1) is 32.0 Å². The van der Waals surface area contributed by atoms with Crippen LogP contribution in [0, 0.1) is 11.6 Å². The van der Waals surface area contributed by atoms with E-state index < -0.39 is 11.6 Å². The van der Waals surface area contributed by atoms with Crippen LogP contribution in [0.15, 0.2) is 60.9 Å². The number of methoxy groups -OCH3 is 2. The third kappa shape index (κ3) is 6.25. The second-order valence-corrected chi connectivity index (χ2v) is 9.08. The maximum Gasteiger partial charge on any atom is 0.222 e. The Morgan fingerprint density at radius 2 is 1.81 bits per heavy atom. The first-order valence-electron chi connectivity index (χ1n) is 12.8. The van der Waals surface area contributed by atoms with E-state index in [9.17, 15) is 4.79 Å². The van der Waals surface area contributed by atoms with Gasteiger partial charge in [-0.1, -0.05) is 18.2 Å². The first-order valence-corrected chi connectivity index (χ1v) is 12.8. The summed E-state index contributed by atoms with van der Waals surface area (Å²) in [7, 11) is 3.00. The van der Waals surface area contributed by atoms with Gasteiger partial charge in [-0.15, -0.1) is 0 Å². The number of para-hydroxylation sites is 1. The Kier molecular flexibility index (Phi) is 8.48. The smallest absolute Gasteiger partial charge is 0.222 e. The number of pyridine rings is 1. The topological polar surface area (TPSA) is 125 Å². The molecule has 0 aliphatic carbocycles. The number of nitrogens with one attached hydrogen (secondary N) is 2. The Bertz CT molecular complexity index is 1720. The molecular formula is C29H27F2N7O4. The monoisotopic (exact) mass is 575 g/mol. The molecule has 0 fully saturated rings. The lowest BCUT2D eigenvalue weighted by Gasteiger charge is -2.12. The van der Waals surface area contributed by atoms with Gasteiger partial charge in [0.1, 0.15) is 35.5 Å². The number of carbonyl (C=O) groups is 1. The van der Waals surface area contributed by atoms with Crippen molar-refractivity contribution in [3.8, 4) is 23.0 Å². The fourth-order valence-electron chi connectivity index (χ4n) is 4.24. The summed E-state index contributed by atoms with van der Waals surface area (Å²) in [5, 5.41) is 11.1. The van der Waals surface area contributed by atoms with Gasteiger partial charge in [-0.05, 0) is 12.1 Å². The van der Waals surface area contributed by atoms with Crippen molar-refractivity contribution in [1.82, 2.24) is 24.7 Å². The lowest BCUT2D eigenvalue weighted by molar-refractivity contribution is -0.114. The fourth-order valence-corrected chi connectivity index (χ4v) is 4.24. The molecule has 0 aliphatic heterocycles. The van der Waals surface area contributed by atoms with Gasteiger partial charge in [-0.3, -0.25) is 9.48 Å². The minimum absolute atomic E-state index is 0.0712. The first kappa shape index (κ1) is 28.4. The lowest BCUT2D eigenvalue weighted by Crippen LogP contribution is -2.09. The average molecular weight is 576 g/mol. The van der Waals surface area contributed by atoms with Crippen LogP contribution in [-0.4, -0.2) is 58.1 Å². The van der Waals surface area contributed by atoms with Crippen LogP contribution in [-0.2, 0) is 16.1 Å². The molecule has 0 unspecified atom stereocenters. The summed E-state index contributed by atoms with van der Waals surface area (Å²) in [4.78, 5) is 24.6. The van der Waals surface area contributed by atoms with Gasteiger partial charge in [-0.25, -0.2) is 23.7 Å². The summed E-state index contributed by atoms with van der Waals surface area (Å²) in [5.41, 5.74) is 1.47. The molecule has 0 spiro atoms. The number of anilines is 3. The van der Waals surface area contributed by atoms with E-state index in [2.05, 4.69) is 30.7 Å². The number of rotatable bonds is 11. The van der Waals surface area contributed by atoms with Crippen molar-refractivity contribution in [3.63, 3.8) is 0 Å². The van der Waals surface area contributed by atoms with Crippen LogP contribution in [0.3, 0.4) is 0 Å². The summed E-state index contributed by atoms with van der Waals surface area (Å²) in [5.74, 6) is -0.387. The number of hydrogen-bond acceptors (Lipinski definition) is 9. The third-order valence-electron chi connectivity index (χ3n) is 6.15. The summed E-state index contributed by atoms with van der Waals surface area (Å²) in [6, 6.07) is 12.9. The number of carbonyl (C=O) groups excluding carboxylic acids is 1. The molecule has 0 aliphatic rings. The van der Waals surface area contributed by atoms with Crippen LogP contribution in [0.4, 0.5) is 26.1 Å². The largest absolute Gasteiger partial charge is 0.491 e. The Morgan fingerprint density at radius 1 is 1.02 bits per heavy atom. The molecule has 5 rings (SSSR count). The van der Waals surface area contributed by atoms with Crippen molar-refractivity contribution in [2.75, 3.05) is 38.1 Å².